The van der Waals surface area contributed by atoms with Crippen molar-refractivity contribution in [3.63, 3.8) is 0 Å². The predicted octanol–water partition coefficient (Wildman–Crippen LogP) is 2.42. The minimum atomic E-state index is -0.422. The van der Waals surface area contributed by atoms with Gasteiger partial charge in [-0.2, -0.15) is 0 Å². The fourth-order valence-electron chi connectivity index (χ4n) is 2.23. The summed E-state index contributed by atoms with van der Waals surface area (Å²) in [7, 11) is 0. The number of amides is 1. The Labute approximate surface area is 104 Å². The molecule has 17 heavy (non-hydrogen) atoms. The zero-order chi connectivity index (χ0) is 12.9. The molecule has 1 amide bonds. The van der Waals surface area contributed by atoms with E-state index < -0.39 is 5.60 Å². The van der Waals surface area contributed by atoms with Crippen LogP contribution in [0.4, 0.5) is 4.79 Å². The molecule has 1 fully saturated rings. The maximum atomic E-state index is 11.6. The highest BCUT2D eigenvalue weighted by molar-refractivity contribution is 5.68. The number of carbonyl (C=O) groups excluding carboxylic acids is 1. The lowest BCUT2D eigenvalue weighted by atomic mass is 10.0. The smallest absolute Gasteiger partial charge is 0.407 e. The highest BCUT2D eigenvalue weighted by atomic mass is 16.6. The largest absolute Gasteiger partial charge is 0.444 e. The summed E-state index contributed by atoms with van der Waals surface area (Å²) in [6.07, 6.45) is 5.19. The topological polar surface area (TPSA) is 64.3 Å². The summed E-state index contributed by atoms with van der Waals surface area (Å²) in [4.78, 5) is 11.6. The number of hydrogen-bond donors (Lipinski definition) is 2. The Kier molecular flexibility index (Phi) is 5.25. The first-order valence-electron chi connectivity index (χ1n) is 6.60. The number of rotatable bonds is 2. The second kappa shape index (κ2) is 6.24. The SMILES string of the molecule is CC(C)(C)OC(=O)NC1CCCC(CN)CC1. The van der Waals surface area contributed by atoms with E-state index in [9.17, 15) is 4.79 Å². The molecule has 0 aliphatic heterocycles. The maximum Gasteiger partial charge on any atom is 0.407 e. The van der Waals surface area contributed by atoms with Crippen molar-refractivity contribution in [2.24, 2.45) is 11.7 Å². The van der Waals surface area contributed by atoms with E-state index in [4.69, 9.17) is 10.5 Å². The van der Waals surface area contributed by atoms with Gasteiger partial charge >= 0.3 is 6.09 Å². The molecule has 1 aliphatic rings. The van der Waals surface area contributed by atoms with Crippen LogP contribution in [0.2, 0.25) is 0 Å². The molecule has 100 valence electrons. The van der Waals surface area contributed by atoms with E-state index >= 15 is 0 Å². The Bertz CT molecular complexity index is 248. The van der Waals surface area contributed by atoms with Crippen LogP contribution >= 0.6 is 0 Å². The molecule has 0 aromatic heterocycles. The van der Waals surface area contributed by atoms with Crippen molar-refractivity contribution in [1.82, 2.24) is 5.32 Å². The molecule has 0 spiro atoms. The molecule has 0 heterocycles. The van der Waals surface area contributed by atoms with Gasteiger partial charge in [-0.15, -0.1) is 0 Å². The van der Waals surface area contributed by atoms with Crippen LogP contribution in [0.25, 0.3) is 0 Å². The van der Waals surface area contributed by atoms with Crippen LogP contribution in [-0.4, -0.2) is 24.3 Å². The van der Waals surface area contributed by atoms with Crippen molar-refractivity contribution in [2.75, 3.05) is 6.54 Å². The second-order valence-electron chi connectivity index (χ2n) is 5.95. The van der Waals surface area contributed by atoms with Gasteiger partial charge in [0.1, 0.15) is 5.60 Å². The van der Waals surface area contributed by atoms with Gasteiger partial charge < -0.3 is 15.8 Å². The molecule has 0 radical (unpaired) electrons. The molecule has 1 aliphatic carbocycles. The highest BCUT2D eigenvalue weighted by Gasteiger charge is 2.22. The normalized spacial score (nSPS) is 26.1. The first-order valence-corrected chi connectivity index (χ1v) is 6.60. The molecule has 0 saturated heterocycles. The monoisotopic (exact) mass is 242 g/mol. The van der Waals surface area contributed by atoms with Crippen molar-refractivity contribution < 1.29 is 9.53 Å². The molecular weight excluding hydrogens is 216 g/mol. The number of ether oxygens (including phenoxy) is 1. The first kappa shape index (κ1) is 14.3. The van der Waals surface area contributed by atoms with Crippen LogP contribution in [0.1, 0.15) is 52.9 Å². The van der Waals surface area contributed by atoms with Gasteiger partial charge in [0.25, 0.3) is 0 Å². The summed E-state index contributed by atoms with van der Waals surface area (Å²) in [5.41, 5.74) is 5.27. The van der Waals surface area contributed by atoms with Crippen molar-refractivity contribution in [3.8, 4) is 0 Å². The van der Waals surface area contributed by atoms with Crippen LogP contribution in [0.15, 0.2) is 0 Å². The van der Waals surface area contributed by atoms with Crippen molar-refractivity contribution in [3.05, 3.63) is 0 Å². The average Bonchev–Trinajstić information content (AvgIpc) is 2.40. The maximum absolute atomic E-state index is 11.6. The Morgan fingerprint density at radius 1 is 1.29 bits per heavy atom. The summed E-state index contributed by atoms with van der Waals surface area (Å²) in [6.45, 7) is 6.40. The quantitative estimate of drug-likeness (QED) is 0.731. The average molecular weight is 242 g/mol. The minimum absolute atomic E-state index is 0.251. The fourth-order valence-corrected chi connectivity index (χ4v) is 2.23. The number of carbonyl (C=O) groups is 1. The van der Waals surface area contributed by atoms with Crippen molar-refractivity contribution in [2.45, 2.75) is 64.5 Å². The zero-order valence-corrected chi connectivity index (χ0v) is 11.3. The zero-order valence-electron chi connectivity index (χ0n) is 11.3. The summed E-state index contributed by atoms with van der Waals surface area (Å²) in [6, 6.07) is 0.251. The molecule has 2 atom stereocenters. The fraction of sp³-hybridized carbons (Fsp3) is 0.923. The van der Waals surface area contributed by atoms with E-state index in [-0.39, 0.29) is 12.1 Å². The summed E-state index contributed by atoms with van der Waals surface area (Å²) < 4.78 is 5.26. The molecule has 1 rings (SSSR count). The Morgan fingerprint density at radius 2 is 2.00 bits per heavy atom. The van der Waals surface area contributed by atoms with E-state index in [2.05, 4.69) is 5.32 Å². The third-order valence-corrected chi connectivity index (χ3v) is 3.14. The van der Waals surface area contributed by atoms with Gasteiger partial charge in [0.15, 0.2) is 0 Å². The third-order valence-electron chi connectivity index (χ3n) is 3.14. The Balaban J connectivity index is 2.34. The predicted molar refractivity (Wildman–Crippen MR) is 68.8 cm³/mol. The first-order chi connectivity index (χ1) is 7.90. The minimum Gasteiger partial charge on any atom is -0.444 e. The van der Waals surface area contributed by atoms with Crippen molar-refractivity contribution >= 4 is 6.09 Å². The summed E-state index contributed by atoms with van der Waals surface area (Å²) in [5, 5.41) is 2.96. The molecule has 0 bridgehead atoms. The van der Waals surface area contributed by atoms with Gasteiger partial charge in [-0.3, -0.25) is 0 Å². The lowest BCUT2D eigenvalue weighted by Gasteiger charge is -2.23. The van der Waals surface area contributed by atoms with Crippen LogP contribution in [0, 0.1) is 5.92 Å². The van der Waals surface area contributed by atoms with Crippen molar-refractivity contribution in [1.29, 1.82) is 0 Å². The van der Waals surface area contributed by atoms with Crippen LogP contribution in [0.5, 0.6) is 0 Å². The summed E-state index contributed by atoms with van der Waals surface area (Å²) in [5.74, 6) is 0.625. The standard InChI is InChI=1S/C13H26N2O2/c1-13(2,3)17-12(16)15-11-6-4-5-10(9-14)7-8-11/h10-11H,4-9,14H2,1-3H3,(H,15,16). The number of alkyl carbamates (subject to hydrolysis) is 1. The molecule has 4 heteroatoms. The second-order valence-corrected chi connectivity index (χ2v) is 5.95. The van der Waals surface area contributed by atoms with Gasteiger partial charge in [0, 0.05) is 6.04 Å². The van der Waals surface area contributed by atoms with Gasteiger partial charge in [-0.05, 0) is 58.9 Å². The Hall–Kier alpha value is -0.770. The molecule has 2 unspecified atom stereocenters. The number of nitrogens with one attached hydrogen (secondary N) is 1. The van der Waals surface area contributed by atoms with Crippen LogP contribution in [-0.2, 0) is 4.74 Å². The molecule has 0 aromatic rings. The third kappa shape index (κ3) is 5.91. The van der Waals surface area contributed by atoms with E-state index in [0.29, 0.717) is 5.92 Å². The van der Waals surface area contributed by atoms with E-state index in [1.165, 1.54) is 6.42 Å². The Morgan fingerprint density at radius 3 is 2.59 bits per heavy atom. The lowest BCUT2D eigenvalue weighted by molar-refractivity contribution is 0.0499. The number of nitrogens with two attached hydrogens (primary N) is 1. The van der Waals surface area contributed by atoms with E-state index in [0.717, 1.165) is 32.2 Å². The number of hydrogen-bond acceptors (Lipinski definition) is 3. The van der Waals surface area contributed by atoms with Gasteiger partial charge in [-0.25, -0.2) is 4.79 Å². The molecule has 3 N–H and O–H groups in total. The van der Waals surface area contributed by atoms with Gasteiger partial charge in [-0.1, -0.05) is 6.42 Å². The summed E-state index contributed by atoms with van der Waals surface area (Å²) >= 11 is 0. The molecule has 0 aromatic carbocycles. The molecule has 4 nitrogen and oxygen atoms in total. The van der Waals surface area contributed by atoms with E-state index in [1.807, 2.05) is 20.8 Å². The lowest BCUT2D eigenvalue weighted by Crippen LogP contribution is -2.38. The van der Waals surface area contributed by atoms with Gasteiger partial charge in [0.2, 0.25) is 0 Å². The van der Waals surface area contributed by atoms with Crippen LogP contribution < -0.4 is 11.1 Å². The van der Waals surface area contributed by atoms with Crippen LogP contribution in [0.3, 0.4) is 0 Å². The van der Waals surface area contributed by atoms with Gasteiger partial charge in [0.05, 0.1) is 0 Å². The highest BCUT2D eigenvalue weighted by Crippen LogP contribution is 2.22. The van der Waals surface area contributed by atoms with E-state index in [1.54, 1.807) is 0 Å². The molecular formula is C13H26N2O2. The molecule has 1 saturated carbocycles.